The van der Waals surface area contributed by atoms with Crippen LogP contribution in [-0.2, 0) is 24.0 Å². The molecule has 4 aliphatic rings. The molecule has 5 rings (SSSR count). The molecule has 2 heterocycles. The molecule has 4 fully saturated rings. The standard InChI is InChI=1S/C36H53N7O6.3CH4.3H2S/c1-5-10-25(29(44)34(48)39-23-15-16-23)40-33(47)28-24-14-9-13-22(24)20-43(28)35(49)30(36(2,3)4)42-32(46)27(21-11-7-6-8-12-21)41-31(45)26-19-37-17-18-38-26;;;;;;/h17-19,21-25,27-28,30H,5-16,20H2,1-4H3,(H,39,48)(H,40,47)(H,41,45)(H,42,46);3*1H4;3*1H2/t22-,24-,25+,27-,28+,30+;;;;;;/m1....../s1. The van der Waals surface area contributed by atoms with Crippen molar-refractivity contribution in [2.75, 3.05) is 6.54 Å². The number of rotatable bonds is 13. The van der Waals surface area contributed by atoms with Crippen molar-refractivity contribution in [1.82, 2.24) is 36.1 Å². The van der Waals surface area contributed by atoms with E-state index in [0.29, 0.717) is 19.4 Å². The molecule has 5 amide bonds. The fourth-order valence-corrected chi connectivity index (χ4v) is 7.87. The number of carbonyl (C=O) groups is 6. The van der Waals surface area contributed by atoms with Gasteiger partial charge in [0.2, 0.25) is 23.5 Å². The van der Waals surface area contributed by atoms with Crippen molar-refractivity contribution in [1.29, 1.82) is 0 Å². The predicted molar refractivity (Wildman–Crippen MR) is 232 cm³/mol. The van der Waals surface area contributed by atoms with Gasteiger partial charge in [0.1, 0.15) is 23.8 Å². The quantitative estimate of drug-likeness (QED) is 0.207. The molecule has 13 nitrogen and oxygen atoms in total. The van der Waals surface area contributed by atoms with E-state index in [2.05, 4.69) is 31.2 Å². The zero-order chi connectivity index (χ0) is 35.3. The van der Waals surface area contributed by atoms with Gasteiger partial charge >= 0.3 is 0 Å². The first-order chi connectivity index (χ1) is 23.4. The Balaban J connectivity index is 0. The van der Waals surface area contributed by atoms with Crippen LogP contribution in [0, 0.1) is 23.2 Å². The zero-order valence-electron chi connectivity index (χ0n) is 30.8. The van der Waals surface area contributed by atoms with E-state index in [1.165, 1.54) is 18.6 Å². The molecular weight excluding hydrogens is 759 g/mol. The number of hydrogen-bond donors (Lipinski definition) is 4. The molecule has 1 aromatic heterocycles. The van der Waals surface area contributed by atoms with Gasteiger partial charge in [0.15, 0.2) is 0 Å². The van der Waals surface area contributed by atoms with Crippen molar-refractivity contribution in [2.24, 2.45) is 23.2 Å². The number of Topliss-reactive ketones (excluding diaryl/α,β-unsaturated/α-hetero) is 1. The van der Waals surface area contributed by atoms with E-state index in [1.807, 2.05) is 27.7 Å². The van der Waals surface area contributed by atoms with Crippen LogP contribution in [0.15, 0.2) is 18.6 Å². The van der Waals surface area contributed by atoms with Crippen molar-refractivity contribution in [2.45, 2.75) is 157 Å². The fourth-order valence-electron chi connectivity index (χ4n) is 7.87. The van der Waals surface area contributed by atoms with Crippen LogP contribution in [0.1, 0.15) is 138 Å². The van der Waals surface area contributed by atoms with Gasteiger partial charge in [0.05, 0.1) is 12.2 Å². The van der Waals surface area contributed by atoms with Crippen LogP contribution in [0.25, 0.3) is 0 Å². The van der Waals surface area contributed by atoms with Crippen molar-refractivity contribution >= 4 is 75.8 Å². The van der Waals surface area contributed by atoms with Crippen LogP contribution < -0.4 is 21.3 Å². The monoisotopic (exact) mass is 829 g/mol. The average Bonchev–Trinajstić information content (AvgIpc) is 3.65. The highest BCUT2D eigenvalue weighted by Crippen LogP contribution is 2.43. The molecule has 55 heavy (non-hydrogen) atoms. The smallest absolute Gasteiger partial charge is 0.289 e. The maximum absolute atomic E-state index is 14.6. The minimum absolute atomic E-state index is 0. The summed E-state index contributed by atoms with van der Waals surface area (Å²) in [6.45, 7) is 7.85. The first-order valence-corrected chi connectivity index (χ1v) is 18.2. The molecule has 3 saturated carbocycles. The summed E-state index contributed by atoms with van der Waals surface area (Å²) in [4.78, 5) is 91.4. The van der Waals surface area contributed by atoms with Crippen molar-refractivity contribution in [3.8, 4) is 0 Å². The molecule has 3 aliphatic carbocycles. The van der Waals surface area contributed by atoms with E-state index in [0.717, 1.165) is 64.2 Å². The molecule has 0 aromatic carbocycles. The Hall–Kier alpha value is -2.85. The van der Waals surface area contributed by atoms with E-state index in [4.69, 9.17) is 0 Å². The molecule has 6 atom stereocenters. The van der Waals surface area contributed by atoms with Gasteiger partial charge in [-0.3, -0.25) is 33.8 Å². The summed E-state index contributed by atoms with van der Waals surface area (Å²) in [7, 11) is 0. The molecule has 0 radical (unpaired) electrons. The first-order valence-electron chi connectivity index (χ1n) is 18.2. The van der Waals surface area contributed by atoms with Gasteiger partial charge in [-0.25, -0.2) is 4.98 Å². The number of nitrogens with one attached hydrogen (secondary N) is 4. The van der Waals surface area contributed by atoms with Gasteiger partial charge in [-0.1, -0.05) is 82.1 Å². The summed E-state index contributed by atoms with van der Waals surface area (Å²) in [5.41, 5.74) is -0.638. The van der Waals surface area contributed by atoms with Crippen molar-refractivity contribution < 1.29 is 28.8 Å². The third kappa shape index (κ3) is 13.6. The molecule has 1 aromatic rings. The highest BCUT2D eigenvalue weighted by atomic mass is 32.1. The van der Waals surface area contributed by atoms with Gasteiger partial charge in [-0.2, -0.15) is 40.5 Å². The highest BCUT2D eigenvalue weighted by Gasteiger charge is 2.52. The van der Waals surface area contributed by atoms with Crippen molar-refractivity contribution in [3.63, 3.8) is 0 Å². The molecular formula is C39H71N7O6S3. The van der Waals surface area contributed by atoms with Gasteiger partial charge < -0.3 is 26.2 Å². The second kappa shape index (κ2) is 24.0. The lowest BCUT2D eigenvalue weighted by Gasteiger charge is -2.38. The Bertz CT molecular complexity index is 1410. The van der Waals surface area contributed by atoms with Crippen LogP contribution in [0.2, 0.25) is 0 Å². The van der Waals surface area contributed by atoms with Crippen LogP contribution in [0.4, 0.5) is 0 Å². The number of nitrogens with zero attached hydrogens (tertiary/aromatic N) is 3. The van der Waals surface area contributed by atoms with E-state index in [-0.39, 0.29) is 98.2 Å². The Morgan fingerprint density at radius 1 is 0.836 bits per heavy atom. The van der Waals surface area contributed by atoms with Crippen LogP contribution in [0.5, 0.6) is 0 Å². The molecule has 1 aliphatic heterocycles. The Labute approximate surface area is 350 Å². The first kappa shape index (κ1) is 54.3. The minimum atomic E-state index is -0.994. The fraction of sp³-hybridized carbons (Fsp3) is 0.744. The molecule has 0 unspecified atom stereocenters. The second-order valence-electron chi connectivity index (χ2n) is 15.5. The minimum Gasteiger partial charge on any atom is -0.347 e. The normalized spacial score (nSPS) is 21.6. The Morgan fingerprint density at radius 3 is 2.05 bits per heavy atom. The maximum atomic E-state index is 14.6. The molecule has 16 heteroatoms. The Morgan fingerprint density at radius 2 is 1.49 bits per heavy atom. The van der Waals surface area contributed by atoms with Crippen molar-refractivity contribution in [3.05, 3.63) is 24.3 Å². The van der Waals surface area contributed by atoms with Gasteiger partial charge in [0, 0.05) is 25.0 Å². The number of likely N-dealkylation sites (tertiary alicyclic amines) is 1. The van der Waals surface area contributed by atoms with Gasteiger partial charge in [0.25, 0.3) is 11.8 Å². The van der Waals surface area contributed by atoms with Crippen LogP contribution in [-0.4, -0.2) is 86.9 Å². The zero-order valence-corrected chi connectivity index (χ0v) is 33.8. The average molecular weight is 830 g/mol. The van der Waals surface area contributed by atoms with E-state index in [1.54, 1.807) is 4.90 Å². The third-order valence-corrected chi connectivity index (χ3v) is 10.7. The molecule has 1 saturated heterocycles. The number of fused-ring (bicyclic) bond motifs is 1. The maximum Gasteiger partial charge on any atom is 0.289 e. The van der Waals surface area contributed by atoms with E-state index in [9.17, 15) is 28.8 Å². The Kier molecular flexibility index (Phi) is 23.7. The van der Waals surface area contributed by atoms with Crippen LogP contribution >= 0.6 is 40.5 Å². The summed E-state index contributed by atoms with van der Waals surface area (Å²) in [5.74, 6) is -3.20. The van der Waals surface area contributed by atoms with Gasteiger partial charge in [-0.15, -0.1) is 0 Å². The lowest BCUT2D eigenvalue weighted by molar-refractivity contribution is -0.146. The summed E-state index contributed by atoms with van der Waals surface area (Å²) in [6, 6.07) is -3.68. The summed E-state index contributed by atoms with van der Waals surface area (Å²) in [5, 5.41) is 11.5. The number of carbonyl (C=O) groups excluding carboxylic acids is 6. The predicted octanol–water partition coefficient (Wildman–Crippen LogP) is 4.69. The lowest BCUT2D eigenvalue weighted by Crippen LogP contribution is -2.62. The third-order valence-electron chi connectivity index (χ3n) is 10.7. The molecule has 4 N–H and O–H groups in total. The molecule has 316 valence electrons. The second-order valence-corrected chi connectivity index (χ2v) is 15.5. The number of aromatic nitrogens is 2. The summed E-state index contributed by atoms with van der Waals surface area (Å²) < 4.78 is 0. The summed E-state index contributed by atoms with van der Waals surface area (Å²) in [6.07, 6.45) is 13.9. The van der Waals surface area contributed by atoms with Crippen LogP contribution in [0.3, 0.4) is 0 Å². The molecule has 0 bridgehead atoms. The number of ketones is 1. The number of hydrogen-bond acceptors (Lipinski definition) is 8. The molecule has 0 spiro atoms. The largest absolute Gasteiger partial charge is 0.347 e. The van der Waals surface area contributed by atoms with Gasteiger partial charge in [-0.05, 0) is 68.1 Å². The summed E-state index contributed by atoms with van der Waals surface area (Å²) >= 11 is 0. The lowest BCUT2D eigenvalue weighted by atomic mass is 9.82. The SMILES string of the molecule is C.C.C.CCC[C@H](NC(=O)[C@@H]1[C@@H]2CCC[C@@H]2CN1C(=O)[C@H](NC(=O)[C@H](NC(=O)c1cnccn1)C1CCCCC1)C(C)(C)C)C(=O)C(=O)NC1CC1.S.S.S. The van der Waals surface area contributed by atoms with E-state index >= 15 is 0 Å². The number of amides is 5. The topological polar surface area (TPSA) is 180 Å². The highest BCUT2D eigenvalue weighted by molar-refractivity contribution is 7.59. The van der Waals surface area contributed by atoms with E-state index < -0.39 is 59.0 Å².